The van der Waals surface area contributed by atoms with Crippen LogP contribution in [-0.4, -0.2) is 13.1 Å². The first-order chi connectivity index (χ1) is 3.39. The molecule has 0 atom stereocenters. The fourth-order valence-corrected chi connectivity index (χ4v) is 0.979. The predicted octanol–water partition coefficient (Wildman–Crippen LogP) is 0.0224. The van der Waals surface area contributed by atoms with E-state index in [9.17, 15) is 0 Å². The Morgan fingerprint density at radius 1 is 1.00 bits per heavy atom. The Morgan fingerprint density at radius 3 is 1.86 bits per heavy atom. The maximum absolute atomic E-state index is 7.19. The SMILES string of the molecule is [NH-][NH+]1CCCCC1. The smallest absolute Gasteiger partial charge is 0.0681 e. The van der Waals surface area contributed by atoms with Gasteiger partial charge in [-0.1, -0.05) is 0 Å². The standard InChI is InChI=1S/C5H12N2/c6-7-4-2-1-3-5-7/h6-7H,1-5H2. The molecule has 0 spiro atoms. The van der Waals surface area contributed by atoms with Crippen LogP contribution in [0.1, 0.15) is 19.3 Å². The van der Waals surface area contributed by atoms with Gasteiger partial charge in [-0.3, -0.25) is 0 Å². The zero-order chi connectivity index (χ0) is 5.11. The van der Waals surface area contributed by atoms with E-state index in [1.807, 2.05) is 0 Å². The van der Waals surface area contributed by atoms with E-state index in [4.69, 9.17) is 5.84 Å². The van der Waals surface area contributed by atoms with Crippen molar-refractivity contribution >= 4 is 0 Å². The summed E-state index contributed by atoms with van der Waals surface area (Å²) in [6.07, 6.45) is 3.88. The van der Waals surface area contributed by atoms with Crippen molar-refractivity contribution in [2.75, 3.05) is 13.1 Å². The van der Waals surface area contributed by atoms with Crippen LogP contribution in [0, 0.1) is 0 Å². The summed E-state index contributed by atoms with van der Waals surface area (Å²) in [6.45, 7) is 2.14. The van der Waals surface area contributed by atoms with Gasteiger partial charge in [-0.2, -0.15) is 0 Å². The molecule has 1 rings (SSSR count). The van der Waals surface area contributed by atoms with Gasteiger partial charge in [0.1, 0.15) is 0 Å². The Morgan fingerprint density at radius 2 is 1.57 bits per heavy atom. The van der Waals surface area contributed by atoms with Gasteiger partial charge in [0.05, 0.1) is 13.1 Å². The zero-order valence-electron chi connectivity index (χ0n) is 4.54. The van der Waals surface area contributed by atoms with Gasteiger partial charge in [0, 0.05) is 0 Å². The van der Waals surface area contributed by atoms with Crippen LogP contribution < -0.4 is 5.01 Å². The molecule has 0 aromatic rings. The Labute approximate surface area is 44.3 Å². The molecule has 0 bridgehead atoms. The number of quaternary nitrogens is 1. The Bertz CT molecular complexity index is 48.0. The van der Waals surface area contributed by atoms with E-state index in [-0.39, 0.29) is 0 Å². The average molecular weight is 100 g/mol. The lowest BCUT2D eigenvalue weighted by Gasteiger charge is -2.25. The van der Waals surface area contributed by atoms with Gasteiger partial charge >= 0.3 is 0 Å². The number of nitrogens with one attached hydrogen (secondary N) is 2. The molecule has 1 saturated heterocycles. The van der Waals surface area contributed by atoms with Crippen molar-refractivity contribution in [1.29, 1.82) is 0 Å². The van der Waals surface area contributed by atoms with Crippen molar-refractivity contribution < 1.29 is 5.01 Å². The fraction of sp³-hybridized carbons (Fsp3) is 1.00. The second kappa shape index (κ2) is 2.28. The predicted molar refractivity (Wildman–Crippen MR) is 28.9 cm³/mol. The normalized spacial score (nSPS) is 25.3. The van der Waals surface area contributed by atoms with E-state index < -0.39 is 0 Å². The number of hydrogen-bond donors (Lipinski definition) is 1. The van der Waals surface area contributed by atoms with Gasteiger partial charge in [-0.25, -0.2) is 0 Å². The summed E-state index contributed by atoms with van der Waals surface area (Å²) in [4.78, 5) is 0. The van der Waals surface area contributed by atoms with Crippen LogP contribution in [0.4, 0.5) is 0 Å². The van der Waals surface area contributed by atoms with Crippen molar-refractivity contribution in [3.63, 3.8) is 0 Å². The van der Waals surface area contributed by atoms with Gasteiger partial charge in [0.15, 0.2) is 0 Å². The quantitative estimate of drug-likeness (QED) is 0.444. The van der Waals surface area contributed by atoms with Crippen molar-refractivity contribution in [2.24, 2.45) is 0 Å². The van der Waals surface area contributed by atoms with Crippen LogP contribution in [-0.2, 0) is 0 Å². The highest BCUT2D eigenvalue weighted by Gasteiger charge is 2.02. The summed E-state index contributed by atoms with van der Waals surface area (Å²) in [5, 5.41) is 0.964. The first-order valence-electron chi connectivity index (χ1n) is 2.96. The molecule has 2 nitrogen and oxygen atoms in total. The molecule has 1 aliphatic rings. The van der Waals surface area contributed by atoms with Gasteiger partial charge in [0.25, 0.3) is 0 Å². The summed E-state index contributed by atoms with van der Waals surface area (Å²) in [7, 11) is 0. The molecule has 7 heavy (non-hydrogen) atoms. The molecule has 1 aliphatic heterocycles. The lowest BCUT2D eigenvalue weighted by molar-refractivity contribution is -0.853. The molecular formula is C5H12N2. The monoisotopic (exact) mass is 100 g/mol. The van der Waals surface area contributed by atoms with E-state index in [1.54, 1.807) is 0 Å². The minimum Gasteiger partial charge on any atom is -0.469 e. The van der Waals surface area contributed by atoms with E-state index >= 15 is 0 Å². The maximum Gasteiger partial charge on any atom is 0.0681 e. The average Bonchev–Trinajstić information content (AvgIpc) is 1.69. The first-order valence-corrected chi connectivity index (χ1v) is 2.96. The van der Waals surface area contributed by atoms with Crippen LogP contribution >= 0.6 is 0 Å². The second-order valence-electron chi connectivity index (χ2n) is 2.16. The van der Waals surface area contributed by atoms with Gasteiger partial charge < -0.3 is 10.9 Å². The summed E-state index contributed by atoms with van der Waals surface area (Å²) >= 11 is 0. The van der Waals surface area contributed by atoms with Crippen LogP contribution in [0.15, 0.2) is 0 Å². The number of rotatable bonds is 0. The van der Waals surface area contributed by atoms with Gasteiger partial charge in [0.2, 0.25) is 0 Å². The highest BCUT2D eigenvalue weighted by molar-refractivity contribution is 4.44. The van der Waals surface area contributed by atoms with E-state index in [0.717, 1.165) is 18.1 Å². The molecule has 0 aromatic heterocycles. The van der Waals surface area contributed by atoms with Crippen LogP contribution in [0.5, 0.6) is 0 Å². The largest absolute Gasteiger partial charge is 0.469 e. The fourth-order valence-electron chi connectivity index (χ4n) is 0.979. The molecular weight excluding hydrogens is 88.1 g/mol. The highest BCUT2D eigenvalue weighted by Crippen LogP contribution is 1.93. The molecule has 0 radical (unpaired) electrons. The van der Waals surface area contributed by atoms with Crippen LogP contribution in [0.3, 0.4) is 0 Å². The number of hydrogen-bond acceptors (Lipinski definition) is 0. The summed E-state index contributed by atoms with van der Waals surface area (Å²) in [5.74, 6) is 7.19. The molecule has 42 valence electrons. The molecule has 1 heterocycles. The van der Waals surface area contributed by atoms with Crippen molar-refractivity contribution in [3.8, 4) is 0 Å². The Kier molecular flexibility index (Phi) is 1.65. The minimum atomic E-state index is 0.964. The van der Waals surface area contributed by atoms with E-state index in [2.05, 4.69) is 0 Å². The number of piperidine rings is 1. The first kappa shape index (κ1) is 5.06. The third-order valence-corrected chi connectivity index (χ3v) is 1.46. The zero-order valence-corrected chi connectivity index (χ0v) is 4.54. The topological polar surface area (TPSA) is 28.2 Å². The van der Waals surface area contributed by atoms with Crippen molar-refractivity contribution in [2.45, 2.75) is 19.3 Å². The molecule has 0 unspecified atom stereocenters. The van der Waals surface area contributed by atoms with Gasteiger partial charge in [-0.05, 0) is 19.3 Å². The molecule has 2 N–H and O–H groups in total. The van der Waals surface area contributed by atoms with E-state index in [1.165, 1.54) is 19.3 Å². The van der Waals surface area contributed by atoms with Crippen LogP contribution in [0.2, 0.25) is 0 Å². The molecule has 1 fully saturated rings. The summed E-state index contributed by atoms with van der Waals surface area (Å²) in [5.41, 5.74) is 0. The molecule has 0 aliphatic carbocycles. The Hall–Kier alpha value is -0.0800. The minimum absolute atomic E-state index is 0.964. The molecule has 2 heteroatoms. The maximum atomic E-state index is 7.19. The van der Waals surface area contributed by atoms with E-state index in [0.29, 0.717) is 0 Å². The van der Waals surface area contributed by atoms with Crippen LogP contribution in [0.25, 0.3) is 5.84 Å². The molecule has 0 aromatic carbocycles. The van der Waals surface area contributed by atoms with Crippen molar-refractivity contribution in [1.82, 2.24) is 0 Å². The molecule has 0 saturated carbocycles. The lowest BCUT2D eigenvalue weighted by Crippen LogP contribution is -3.06. The summed E-state index contributed by atoms with van der Waals surface area (Å²) in [6, 6.07) is 0. The van der Waals surface area contributed by atoms with Crippen molar-refractivity contribution in [3.05, 3.63) is 5.84 Å². The highest BCUT2D eigenvalue weighted by atomic mass is 15.4. The summed E-state index contributed by atoms with van der Waals surface area (Å²) < 4.78 is 0. The third kappa shape index (κ3) is 1.45. The Balaban J connectivity index is 2.12. The molecule has 0 amide bonds. The lowest BCUT2D eigenvalue weighted by atomic mass is 10.2. The third-order valence-electron chi connectivity index (χ3n) is 1.46. The van der Waals surface area contributed by atoms with Gasteiger partial charge in [-0.15, -0.1) is 0 Å². The second-order valence-corrected chi connectivity index (χ2v) is 2.16.